The highest BCUT2D eigenvalue weighted by Gasteiger charge is 2.22. The van der Waals surface area contributed by atoms with E-state index in [0.29, 0.717) is 25.9 Å². The topological polar surface area (TPSA) is 83.5 Å². The van der Waals surface area contributed by atoms with Crippen LogP contribution in [0, 0.1) is 0 Å². The molecule has 8 heteroatoms. The van der Waals surface area contributed by atoms with Crippen LogP contribution in [0.15, 0.2) is 29.4 Å². The van der Waals surface area contributed by atoms with Crippen LogP contribution in [-0.4, -0.2) is 80.5 Å². The van der Waals surface area contributed by atoms with Crippen molar-refractivity contribution in [1.82, 2.24) is 15.2 Å². The van der Waals surface area contributed by atoms with E-state index in [0.717, 1.165) is 56.3 Å². The van der Waals surface area contributed by atoms with Gasteiger partial charge in [0, 0.05) is 38.9 Å². The first-order valence-corrected chi connectivity index (χ1v) is 10.2. The lowest BCUT2D eigenvalue weighted by Crippen LogP contribution is -2.38. The number of methoxy groups -OCH3 is 1. The van der Waals surface area contributed by atoms with E-state index >= 15 is 0 Å². The third-order valence-electron chi connectivity index (χ3n) is 5.16. The van der Waals surface area contributed by atoms with Gasteiger partial charge in [0.25, 0.3) is 0 Å². The number of rotatable bonds is 9. The zero-order chi connectivity index (χ0) is 20.5. The summed E-state index contributed by atoms with van der Waals surface area (Å²) in [5.41, 5.74) is 1.83. The number of nitrogens with zero attached hydrogens (tertiary/aromatic N) is 3. The fraction of sp³-hybridized carbons (Fsp3) is 0.571. The van der Waals surface area contributed by atoms with Crippen molar-refractivity contribution in [2.24, 2.45) is 5.10 Å². The Morgan fingerprint density at radius 1 is 1.17 bits per heavy atom. The molecule has 0 unspecified atom stereocenters. The van der Waals surface area contributed by atoms with Gasteiger partial charge in [0.05, 0.1) is 32.6 Å². The third-order valence-corrected chi connectivity index (χ3v) is 5.16. The SMILES string of the molecule is COc1ccc(C2=NN(CCC(=O)NCCCN3CCOCC3)C(=O)CC2)cc1. The predicted molar refractivity (Wildman–Crippen MR) is 110 cm³/mol. The van der Waals surface area contributed by atoms with Gasteiger partial charge in [0.1, 0.15) is 5.75 Å². The van der Waals surface area contributed by atoms with Crippen LogP contribution in [0.5, 0.6) is 5.75 Å². The van der Waals surface area contributed by atoms with Crippen LogP contribution in [0.3, 0.4) is 0 Å². The standard InChI is InChI=1S/C21H30N4O4/c1-28-18-5-3-17(4-6-18)19-7-8-21(27)25(23-19)12-9-20(26)22-10-2-11-24-13-15-29-16-14-24/h3-6H,2,7-16H2,1H3,(H,22,26). The average molecular weight is 402 g/mol. The normalized spacial score (nSPS) is 17.8. The molecule has 1 aromatic carbocycles. The lowest BCUT2D eigenvalue weighted by Gasteiger charge is -2.26. The van der Waals surface area contributed by atoms with Gasteiger partial charge in [-0.15, -0.1) is 0 Å². The number of hydrazone groups is 1. The molecule has 1 N–H and O–H groups in total. The summed E-state index contributed by atoms with van der Waals surface area (Å²) in [7, 11) is 1.63. The summed E-state index contributed by atoms with van der Waals surface area (Å²) in [4.78, 5) is 26.6. The van der Waals surface area contributed by atoms with E-state index in [2.05, 4.69) is 15.3 Å². The maximum absolute atomic E-state index is 12.2. The maximum atomic E-state index is 12.2. The van der Waals surface area contributed by atoms with Crippen molar-refractivity contribution in [3.8, 4) is 5.75 Å². The van der Waals surface area contributed by atoms with E-state index < -0.39 is 0 Å². The highest BCUT2D eigenvalue weighted by Crippen LogP contribution is 2.18. The molecule has 2 amide bonds. The molecule has 8 nitrogen and oxygen atoms in total. The molecule has 2 heterocycles. The van der Waals surface area contributed by atoms with Gasteiger partial charge in [0.15, 0.2) is 0 Å². The minimum atomic E-state index is -0.0495. The Balaban J connectivity index is 1.41. The maximum Gasteiger partial charge on any atom is 0.243 e. The molecule has 0 spiro atoms. The molecule has 0 aromatic heterocycles. The average Bonchev–Trinajstić information content (AvgIpc) is 2.77. The summed E-state index contributed by atoms with van der Waals surface area (Å²) in [6.07, 6.45) is 2.18. The Bertz CT molecular complexity index is 714. The van der Waals surface area contributed by atoms with Gasteiger partial charge in [-0.2, -0.15) is 5.10 Å². The zero-order valence-electron chi connectivity index (χ0n) is 17.1. The van der Waals surface area contributed by atoms with E-state index in [-0.39, 0.29) is 18.2 Å². The smallest absolute Gasteiger partial charge is 0.243 e. The molecule has 0 bridgehead atoms. The van der Waals surface area contributed by atoms with Crippen molar-refractivity contribution in [3.63, 3.8) is 0 Å². The number of ether oxygens (including phenoxy) is 2. The zero-order valence-corrected chi connectivity index (χ0v) is 17.1. The van der Waals surface area contributed by atoms with Gasteiger partial charge >= 0.3 is 0 Å². The molecular weight excluding hydrogens is 372 g/mol. The van der Waals surface area contributed by atoms with Crippen LogP contribution in [0.1, 0.15) is 31.2 Å². The van der Waals surface area contributed by atoms with Crippen LogP contribution in [0.4, 0.5) is 0 Å². The van der Waals surface area contributed by atoms with Crippen molar-refractivity contribution in [2.75, 3.05) is 53.0 Å². The summed E-state index contributed by atoms with van der Waals surface area (Å²) >= 11 is 0. The quantitative estimate of drug-likeness (QED) is 0.629. The summed E-state index contributed by atoms with van der Waals surface area (Å²) < 4.78 is 10.5. The molecule has 1 saturated heterocycles. The van der Waals surface area contributed by atoms with Crippen molar-refractivity contribution in [3.05, 3.63) is 29.8 Å². The fourth-order valence-electron chi connectivity index (χ4n) is 3.42. The molecule has 29 heavy (non-hydrogen) atoms. The number of carbonyl (C=O) groups is 2. The highest BCUT2D eigenvalue weighted by atomic mass is 16.5. The van der Waals surface area contributed by atoms with Gasteiger partial charge in [-0.3, -0.25) is 14.5 Å². The van der Waals surface area contributed by atoms with Crippen LogP contribution in [-0.2, 0) is 14.3 Å². The summed E-state index contributed by atoms with van der Waals surface area (Å²) in [5.74, 6) is 0.692. The molecular formula is C21H30N4O4. The molecule has 3 rings (SSSR count). The summed E-state index contributed by atoms with van der Waals surface area (Å²) in [6, 6.07) is 7.63. The lowest BCUT2D eigenvalue weighted by atomic mass is 10.0. The second-order valence-electron chi connectivity index (χ2n) is 7.20. The third kappa shape index (κ3) is 6.54. The summed E-state index contributed by atoms with van der Waals surface area (Å²) in [6.45, 7) is 5.39. The van der Waals surface area contributed by atoms with E-state index in [1.807, 2.05) is 24.3 Å². The first-order valence-electron chi connectivity index (χ1n) is 10.2. The van der Waals surface area contributed by atoms with Crippen molar-refractivity contribution in [2.45, 2.75) is 25.7 Å². The minimum Gasteiger partial charge on any atom is -0.497 e. The van der Waals surface area contributed by atoms with E-state index in [1.165, 1.54) is 5.01 Å². The van der Waals surface area contributed by atoms with Crippen LogP contribution in [0.25, 0.3) is 0 Å². The molecule has 1 aromatic rings. The fourth-order valence-corrected chi connectivity index (χ4v) is 3.42. The highest BCUT2D eigenvalue weighted by molar-refractivity contribution is 6.04. The number of amides is 2. The number of hydrogen-bond acceptors (Lipinski definition) is 6. The Labute approximate surface area is 171 Å². The monoisotopic (exact) mass is 402 g/mol. The second-order valence-corrected chi connectivity index (χ2v) is 7.20. The Hall–Kier alpha value is -2.45. The molecule has 0 saturated carbocycles. The first kappa shape index (κ1) is 21.3. The Morgan fingerprint density at radius 2 is 1.93 bits per heavy atom. The van der Waals surface area contributed by atoms with E-state index in [1.54, 1.807) is 7.11 Å². The number of morpholine rings is 1. The minimum absolute atomic E-state index is 0.0395. The van der Waals surface area contributed by atoms with Crippen LogP contribution >= 0.6 is 0 Å². The Morgan fingerprint density at radius 3 is 2.66 bits per heavy atom. The van der Waals surface area contributed by atoms with Gasteiger partial charge < -0.3 is 14.8 Å². The van der Waals surface area contributed by atoms with Crippen molar-refractivity contribution in [1.29, 1.82) is 0 Å². The molecule has 2 aliphatic heterocycles. The molecule has 158 valence electrons. The van der Waals surface area contributed by atoms with Crippen molar-refractivity contribution < 1.29 is 19.1 Å². The molecule has 0 atom stereocenters. The van der Waals surface area contributed by atoms with E-state index in [9.17, 15) is 9.59 Å². The molecule has 0 radical (unpaired) electrons. The van der Waals surface area contributed by atoms with Gasteiger partial charge in [-0.1, -0.05) is 0 Å². The number of benzene rings is 1. The van der Waals surface area contributed by atoms with Gasteiger partial charge in [-0.25, -0.2) is 5.01 Å². The number of nitrogens with one attached hydrogen (secondary N) is 1. The van der Waals surface area contributed by atoms with E-state index in [4.69, 9.17) is 9.47 Å². The molecule has 2 aliphatic rings. The largest absolute Gasteiger partial charge is 0.497 e. The van der Waals surface area contributed by atoms with Gasteiger partial charge in [-0.05, 0) is 42.8 Å². The molecule has 1 fully saturated rings. The first-order chi connectivity index (χ1) is 14.2. The van der Waals surface area contributed by atoms with Gasteiger partial charge in [0.2, 0.25) is 11.8 Å². The lowest BCUT2D eigenvalue weighted by molar-refractivity contribution is -0.132. The Kier molecular flexibility index (Phi) is 8.01. The number of hydrogen-bond donors (Lipinski definition) is 1. The molecule has 0 aliphatic carbocycles. The van der Waals surface area contributed by atoms with Crippen molar-refractivity contribution >= 4 is 17.5 Å². The van der Waals surface area contributed by atoms with Crippen LogP contribution < -0.4 is 10.1 Å². The van der Waals surface area contributed by atoms with Crippen LogP contribution in [0.2, 0.25) is 0 Å². The second kappa shape index (κ2) is 10.9. The number of carbonyl (C=O) groups excluding carboxylic acids is 2. The predicted octanol–water partition coefficient (Wildman–Crippen LogP) is 1.25. The summed E-state index contributed by atoms with van der Waals surface area (Å²) in [5, 5.41) is 8.84.